The van der Waals surface area contributed by atoms with Gasteiger partial charge in [-0.1, -0.05) is 157 Å². The van der Waals surface area contributed by atoms with Gasteiger partial charge in [-0.2, -0.15) is 0 Å². The lowest BCUT2D eigenvalue weighted by Crippen LogP contribution is -2.25. The SMILES string of the molecule is CCCCC(CC)COc1ccc(-c2ccc3c(c2)C(CCC)(CCC)c2cc(-c4ccc5c(c4)C(CCC)(CCC)c4cc(Br)ccc4-5)ccc2-3)cc1. The molecule has 1 nitrogen and oxygen atoms in total. The Morgan fingerprint density at radius 2 is 0.889 bits per heavy atom. The van der Waals surface area contributed by atoms with Gasteiger partial charge in [-0.05, 0) is 147 Å². The fourth-order valence-electron chi connectivity index (χ4n) is 10.4. The standard InChI is InChI=1S/C52H61BrO/c1-7-13-14-36(12-6)35-54-42-21-15-37(16-22-42)38-17-23-43-44-24-18-39(32-48(44)51(27-8-2,28-9-3)47(43)31-38)40-19-25-45-46-26-20-41(53)34-50(46)52(29-10-4,30-11-5)49(45)33-40/h15-26,31-34,36H,7-14,27-30,35H2,1-6H3. The molecular weight excluding hydrogens is 720 g/mol. The summed E-state index contributed by atoms with van der Waals surface area (Å²) < 4.78 is 7.47. The molecule has 0 saturated carbocycles. The summed E-state index contributed by atoms with van der Waals surface area (Å²) in [6.45, 7) is 14.8. The average molecular weight is 782 g/mol. The van der Waals surface area contributed by atoms with Crippen molar-refractivity contribution >= 4 is 15.9 Å². The molecule has 0 saturated heterocycles. The highest BCUT2D eigenvalue weighted by molar-refractivity contribution is 9.10. The first-order valence-corrected chi connectivity index (χ1v) is 22.1. The quantitative estimate of drug-likeness (QED) is 0.0913. The molecule has 2 aliphatic rings. The van der Waals surface area contributed by atoms with Crippen LogP contribution in [0.25, 0.3) is 44.5 Å². The summed E-state index contributed by atoms with van der Waals surface area (Å²) in [7, 11) is 0. The van der Waals surface area contributed by atoms with Gasteiger partial charge in [-0.15, -0.1) is 0 Å². The van der Waals surface area contributed by atoms with E-state index in [2.05, 4.69) is 155 Å². The molecule has 2 heteroatoms. The van der Waals surface area contributed by atoms with E-state index in [1.165, 1.54) is 123 Å². The van der Waals surface area contributed by atoms with Crippen molar-refractivity contribution in [2.24, 2.45) is 5.92 Å². The summed E-state index contributed by atoms with van der Waals surface area (Å²) in [4.78, 5) is 0. The Morgan fingerprint density at radius 1 is 0.481 bits per heavy atom. The number of fused-ring (bicyclic) bond motifs is 6. The summed E-state index contributed by atoms with van der Waals surface area (Å²) in [5, 5.41) is 0. The van der Waals surface area contributed by atoms with Gasteiger partial charge < -0.3 is 4.74 Å². The molecule has 0 fully saturated rings. The lowest BCUT2D eigenvalue weighted by Gasteiger charge is -2.33. The minimum absolute atomic E-state index is 0.00428. The Bertz CT molecular complexity index is 2060. The molecule has 7 rings (SSSR count). The molecule has 0 aliphatic heterocycles. The van der Waals surface area contributed by atoms with E-state index in [1.807, 2.05) is 0 Å². The first kappa shape index (κ1) is 38.6. The number of benzene rings is 5. The predicted octanol–water partition coefficient (Wildman–Crippen LogP) is 16.1. The highest BCUT2D eigenvalue weighted by Crippen LogP contribution is 2.57. The van der Waals surface area contributed by atoms with Crippen molar-refractivity contribution in [2.75, 3.05) is 6.61 Å². The highest BCUT2D eigenvalue weighted by Gasteiger charge is 2.44. The van der Waals surface area contributed by atoms with Gasteiger partial charge in [0.05, 0.1) is 6.61 Å². The summed E-state index contributed by atoms with van der Waals surface area (Å²) >= 11 is 3.83. The van der Waals surface area contributed by atoms with Crippen LogP contribution in [0.1, 0.15) is 141 Å². The van der Waals surface area contributed by atoms with Crippen LogP contribution in [0.15, 0.2) is 102 Å². The maximum Gasteiger partial charge on any atom is 0.119 e. The van der Waals surface area contributed by atoms with E-state index >= 15 is 0 Å². The number of rotatable bonds is 17. The fourth-order valence-corrected chi connectivity index (χ4v) is 10.8. The smallest absolute Gasteiger partial charge is 0.119 e. The van der Waals surface area contributed by atoms with Crippen molar-refractivity contribution in [1.82, 2.24) is 0 Å². The van der Waals surface area contributed by atoms with Crippen LogP contribution in [0.5, 0.6) is 5.75 Å². The van der Waals surface area contributed by atoms with Crippen molar-refractivity contribution in [3.05, 3.63) is 124 Å². The number of halogens is 1. The highest BCUT2D eigenvalue weighted by atomic mass is 79.9. The molecule has 0 spiro atoms. The topological polar surface area (TPSA) is 9.23 Å². The molecule has 0 heterocycles. The molecule has 5 aromatic carbocycles. The second-order valence-corrected chi connectivity index (χ2v) is 17.3. The van der Waals surface area contributed by atoms with E-state index in [-0.39, 0.29) is 10.8 Å². The second kappa shape index (κ2) is 16.6. The van der Waals surface area contributed by atoms with Crippen molar-refractivity contribution in [1.29, 1.82) is 0 Å². The largest absolute Gasteiger partial charge is 0.493 e. The van der Waals surface area contributed by atoms with Crippen LogP contribution in [0.2, 0.25) is 0 Å². The van der Waals surface area contributed by atoms with E-state index in [4.69, 9.17) is 4.74 Å². The van der Waals surface area contributed by atoms with Gasteiger partial charge in [0.1, 0.15) is 5.75 Å². The molecule has 0 N–H and O–H groups in total. The third-order valence-electron chi connectivity index (χ3n) is 12.9. The molecule has 0 aromatic heterocycles. The zero-order valence-electron chi connectivity index (χ0n) is 33.8. The number of hydrogen-bond acceptors (Lipinski definition) is 1. The van der Waals surface area contributed by atoms with E-state index < -0.39 is 0 Å². The number of hydrogen-bond donors (Lipinski definition) is 0. The Kier molecular flexibility index (Phi) is 11.9. The lowest BCUT2D eigenvalue weighted by molar-refractivity contribution is 0.233. The molecule has 5 aromatic rings. The first-order chi connectivity index (χ1) is 26.4. The molecule has 282 valence electrons. The normalized spacial score (nSPS) is 15.0. The summed E-state index contributed by atoms with van der Waals surface area (Å²) in [5.41, 5.74) is 17.1. The third-order valence-corrected chi connectivity index (χ3v) is 13.4. The molecule has 0 amide bonds. The van der Waals surface area contributed by atoms with Crippen molar-refractivity contribution < 1.29 is 4.74 Å². The van der Waals surface area contributed by atoms with Gasteiger partial charge in [0.2, 0.25) is 0 Å². The van der Waals surface area contributed by atoms with Crippen molar-refractivity contribution in [2.45, 2.75) is 129 Å². The maximum absolute atomic E-state index is 6.29. The van der Waals surface area contributed by atoms with Crippen LogP contribution in [-0.2, 0) is 10.8 Å². The van der Waals surface area contributed by atoms with Crippen LogP contribution in [0.4, 0.5) is 0 Å². The van der Waals surface area contributed by atoms with E-state index in [9.17, 15) is 0 Å². The fraction of sp³-hybridized carbons (Fsp3) is 0.423. The van der Waals surface area contributed by atoms with Gasteiger partial charge >= 0.3 is 0 Å². The van der Waals surface area contributed by atoms with Gasteiger partial charge in [-0.25, -0.2) is 0 Å². The average Bonchev–Trinajstić information content (AvgIpc) is 3.60. The van der Waals surface area contributed by atoms with Crippen LogP contribution in [0, 0.1) is 5.92 Å². The summed E-state index contributed by atoms with van der Waals surface area (Å²) in [5.74, 6) is 1.61. The minimum atomic E-state index is 0.00428. The van der Waals surface area contributed by atoms with Gasteiger partial charge in [0.25, 0.3) is 0 Å². The van der Waals surface area contributed by atoms with E-state index in [0.29, 0.717) is 5.92 Å². The Labute approximate surface area is 335 Å². The van der Waals surface area contributed by atoms with Gasteiger partial charge in [0, 0.05) is 15.3 Å². The van der Waals surface area contributed by atoms with E-state index in [1.54, 1.807) is 0 Å². The summed E-state index contributed by atoms with van der Waals surface area (Å²) in [6.07, 6.45) is 14.2. The van der Waals surface area contributed by atoms with Crippen molar-refractivity contribution in [3.8, 4) is 50.3 Å². The first-order valence-electron chi connectivity index (χ1n) is 21.3. The molecule has 1 unspecified atom stereocenters. The monoisotopic (exact) mass is 780 g/mol. The molecule has 0 bridgehead atoms. The van der Waals surface area contributed by atoms with Crippen LogP contribution < -0.4 is 4.74 Å². The number of ether oxygens (including phenoxy) is 1. The number of unbranched alkanes of at least 4 members (excludes halogenated alkanes) is 1. The minimum Gasteiger partial charge on any atom is -0.493 e. The zero-order chi connectivity index (χ0) is 37.9. The van der Waals surface area contributed by atoms with Crippen LogP contribution >= 0.6 is 15.9 Å². The predicted molar refractivity (Wildman–Crippen MR) is 236 cm³/mol. The van der Waals surface area contributed by atoms with Gasteiger partial charge in [-0.3, -0.25) is 0 Å². The van der Waals surface area contributed by atoms with Crippen LogP contribution in [-0.4, -0.2) is 6.61 Å². The molecule has 54 heavy (non-hydrogen) atoms. The van der Waals surface area contributed by atoms with Crippen LogP contribution in [0.3, 0.4) is 0 Å². The Morgan fingerprint density at radius 3 is 1.31 bits per heavy atom. The lowest BCUT2D eigenvalue weighted by atomic mass is 9.70. The second-order valence-electron chi connectivity index (χ2n) is 16.4. The third kappa shape index (κ3) is 6.91. The zero-order valence-corrected chi connectivity index (χ0v) is 35.4. The molecule has 2 aliphatic carbocycles. The summed E-state index contributed by atoms with van der Waals surface area (Å²) in [6, 6.07) is 37.9. The Hall–Kier alpha value is -3.62. The Balaban J connectivity index is 1.25. The van der Waals surface area contributed by atoms with Gasteiger partial charge in [0.15, 0.2) is 0 Å². The molecule has 0 radical (unpaired) electrons. The molecule has 1 atom stereocenters. The van der Waals surface area contributed by atoms with Crippen molar-refractivity contribution in [3.63, 3.8) is 0 Å². The van der Waals surface area contributed by atoms with E-state index in [0.717, 1.165) is 38.0 Å². The molecular formula is C52H61BrO. The maximum atomic E-state index is 6.29.